The number of carboxylic acid groups (broad SMARTS) is 1. The lowest BCUT2D eigenvalue weighted by Gasteiger charge is -2.44. The molecule has 0 radical (unpaired) electrons. The Morgan fingerprint density at radius 1 is 1.18 bits per heavy atom. The number of nitrogens with two attached hydrogens (primary N) is 2. The lowest BCUT2D eigenvalue weighted by atomic mass is 9.95. The van der Waals surface area contributed by atoms with Gasteiger partial charge in [0.1, 0.15) is 29.2 Å². The average Bonchev–Trinajstić information content (AvgIpc) is 2.98. The van der Waals surface area contributed by atoms with E-state index in [2.05, 4.69) is 10.6 Å². The molecule has 0 aliphatic carbocycles. The molecule has 8 N–H and O–H groups in total. The van der Waals surface area contributed by atoms with Gasteiger partial charge < -0.3 is 37.2 Å². The zero-order chi connectivity index (χ0) is 24.7. The fourth-order valence-corrected chi connectivity index (χ4v) is 5.53. The molecule has 3 rings (SSSR count). The molecule has 1 unspecified atom stereocenters. The zero-order valence-corrected chi connectivity index (χ0v) is 18.7. The van der Waals surface area contributed by atoms with Crippen LogP contribution in [0.2, 0.25) is 0 Å². The number of nitrogens with zero attached hydrogens (tertiary/aromatic N) is 1. The van der Waals surface area contributed by atoms with Crippen molar-refractivity contribution in [2.24, 2.45) is 11.5 Å². The van der Waals surface area contributed by atoms with Gasteiger partial charge in [0, 0.05) is 4.75 Å². The summed E-state index contributed by atoms with van der Waals surface area (Å²) in [5, 5.41) is 23.5. The van der Waals surface area contributed by atoms with Crippen molar-refractivity contribution < 1.29 is 34.2 Å². The molecular formula is C20H25N5O7S. The van der Waals surface area contributed by atoms with Gasteiger partial charge in [0.25, 0.3) is 0 Å². The maximum atomic E-state index is 13.1. The molecule has 178 valence electrons. The maximum absolute atomic E-state index is 13.1. The van der Waals surface area contributed by atoms with Gasteiger partial charge in [-0.25, -0.2) is 4.79 Å². The Hall–Kier alpha value is -3.32. The molecule has 0 bridgehead atoms. The van der Waals surface area contributed by atoms with Crippen LogP contribution in [0.3, 0.4) is 0 Å². The first-order valence-electron chi connectivity index (χ1n) is 10.00. The summed E-state index contributed by atoms with van der Waals surface area (Å²) < 4.78 is -0.766. The fraction of sp³-hybridized carbons (Fsp3) is 0.450. The molecule has 5 atom stereocenters. The summed E-state index contributed by atoms with van der Waals surface area (Å²) in [5.41, 5.74) is 11.0. The number of aliphatic carboxylic acids is 1. The first kappa shape index (κ1) is 24.3. The van der Waals surface area contributed by atoms with Crippen molar-refractivity contribution in [3.8, 4) is 5.75 Å². The number of nitrogens with one attached hydrogen (secondary N) is 2. The number of rotatable bonds is 8. The highest BCUT2D eigenvalue weighted by atomic mass is 32.2. The fourth-order valence-electron chi connectivity index (χ4n) is 3.91. The van der Waals surface area contributed by atoms with Crippen LogP contribution < -0.4 is 22.1 Å². The van der Waals surface area contributed by atoms with Crippen LogP contribution >= 0.6 is 11.8 Å². The van der Waals surface area contributed by atoms with Crippen LogP contribution in [0, 0.1) is 0 Å². The number of carboxylic acids is 1. The number of hydrogen-bond donors (Lipinski definition) is 6. The standard InChI is InChI=1S/C20H25N5O7S/c1-20(2)14(19(31)32)25-17(30)13(18(25)33-20)24-16(29)12(8-3-5-9(26)6-4-8)23-15(28)10(21)7-11(22)27/h3-6,10,12-14,18,26H,7,21H2,1-2H3,(H2,22,27)(H,23,28)(H,24,29)(H,31,32)/t10-,12?,13-,14+,18-/m1/s1. The van der Waals surface area contributed by atoms with Crippen LogP contribution in [0.15, 0.2) is 24.3 Å². The van der Waals surface area contributed by atoms with Crippen LogP contribution in [-0.4, -0.2) is 73.0 Å². The lowest BCUT2D eigenvalue weighted by Crippen LogP contribution is -2.71. The van der Waals surface area contributed by atoms with Gasteiger partial charge in [-0.05, 0) is 31.5 Å². The topological polar surface area (TPSA) is 205 Å². The Labute approximate surface area is 193 Å². The molecule has 13 heteroatoms. The van der Waals surface area contributed by atoms with Crippen molar-refractivity contribution in [2.45, 2.75) is 54.6 Å². The molecule has 2 heterocycles. The van der Waals surface area contributed by atoms with E-state index in [1.54, 1.807) is 13.8 Å². The summed E-state index contributed by atoms with van der Waals surface area (Å²) in [7, 11) is 0. The minimum absolute atomic E-state index is 0.0659. The largest absolute Gasteiger partial charge is 0.508 e. The number of carbonyl (C=O) groups excluding carboxylic acids is 4. The zero-order valence-electron chi connectivity index (χ0n) is 17.8. The van der Waals surface area contributed by atoms with Crippen LogP contribution in [0.1, 0.15) is 31.9 Å². The van der Waals surface area contributed by atoms with E-state index in [0.29, 0.717) is 0 Å². The van der Waals surface area contributed by atoms with Crippen molar-refractivity contribution in [3.05, 3.63) is 29.8 Å². The Morgan fingerprint density at radius 2 is 1.79 bits per heavy atom. The van der Waals surface area contributed by atoms with E-state index in [9.17, 15) is 34.2 Å². The number of β-lactam (4-membered cyclic amide) rings is 1. The van der Waals surface area contributed by atoms with E-state index < -0.39 is 70.3 Å². The number of primary amides is 1. The summed E-state index contributed by atoms with van der Waals surface area (Å²) in [6.45, 7) is 3.42. The van der Waals surface area contributed by atoms with E-state index in [-0.39, 0.29) is 11.3 Å². The van der Waals surface area contributed by atoms with Crippen molar-refractivity contribution in [3.63, 3.8) is 0 Å². The molecule has 0 spiro atoms. The molecule has 2 aliphatic heterocycles. The summed E-state index contributed by atoms with van der Waals surface area (Å²) in [6, 6.07) is 0.827. The third kappa shape index (κ3) is 4.73. The second-order valence-corrected chi connectivity index (χ2v) is 10.2. The SMILES string of the molecule is CC1(C)S[C@@H]2[C@H](NC(=O)C(NC(=O)[C@H](N)CC(N)=O)c3ccc(O)cc3)C(=O)N2[C@H]1C(=O)O. The summed E-state index contributed by atoms with van der Waals surface area (Å²) >= 11 is 1.26. The third-order valence-corrected chi connectivity index (χ3v) is 7.08. The van der Waals surface area contributed by atoms with Gasteiger partial charge in [0.05, 0.1) is 12.5 Å². The Bertz CT molecular complexity index is 999. The van der Waals surface area contributed by atoms with Gasteiger partial charge in [-0.1, -0.05) is 12.1 Å². The highest BCUT2D eigenvalue weighted by Crippen LogP contribution is 2.50. The Balaban J connectivity index is 1.79. The van der Waals surface area contributed by atoms with Crippen molar-refractivity contribution >= 4 is 41.4 Å². The summed E-state index contributed by atoms with van der Waals surface area (Å²) in [6.07, 6.45) is -0.434. The smallest absolute Gasteiger partial charge is 0.327 e. The minimum atomic E-state index is -1.30. The third-order valence-electron chi connectivity index (χ3n) is 5.51. The monoisotopic (exact) mass is 479 g/mol. The Kier molecular flexibility index (Phi) is 6.56. The number of phenols is 1. The predicted octanol–water partition coefficient (Wildman–Crippen LogP) is -1.62. The van der Waals surface area contributed by atoms with E-state index in [0.717, 1.165) is 0 Å². The van der Waals surface area contributed by atoms with Gasteiger partial charge >= 0.3 is 5.97 Å². The van der Waals surface area contributed by atoms with E-state index in [1.807, 2.05) is 0 Å². The van der Waals surface area contributed by atoms with E-state index in [1.165, 1.54) is 40.9 Å². The van der Waals surface area contributed by atoms with Crippen LogP contribution in [0.4, 0.5) is 0 Å². The number of amides is 4. The molecule has 2 saturated heterocycles. The normalized spacial score (nSPS) is 24.8. The quantitative estimate of drug-likeness (QED) is 0.237. The molecule has 0 aromatic heterocycles. The number of carbonyl (C=O) groups is 5. The minimum Gasteiger partial charge on any atom is -0.508 e. The van der Waals surface area contributed by atoms with Gasteiger partial charge in [0.2, 0.25) is 23.6 Å². The summed E-state index contributed by atoms with van der Waals surface area (Å²) in [5.74, 6) is -4.09. The highest BCUT2D eigenvalue weighted by Gasteiger charge is 2.64. The van der Waals surface area contributed by atoms with E-state index in [4.69, 9.17) is 11.5 Å². The molecule has 1 aromatic rings. The Morgan fingerprint density at radius 3 is 2.33 bits per heavy atom. The van der Waals surface area contributed by atoms with Crippen molar-refractivity contribution in [1.82, 2.24) is 15.5 Å². The predicted molar refractivity (Wildman–Crippen MR) is 116 cm³/mol. The number of thioether (sulfide) groups is 1. The highest BCUT2D eigenvalue weighted by molar-refractivity contribution is 8.01. The van der Waals surface area contributed by atoms with Gasteiger partial charge in [-0.15, -0.1) is 11.8 Å². The van der Waals surface area contributed by atoms with Gasteiger partial charge in [-0.3, -0.25) is 19.2 Å². The molecule has 12 nitrogen and oxygen atoms in total. The maximum Gasteiger partial charge on any atom is 0.327 e. The lowest BCUT2D eigenvalue weighted by molar-refractivity contribution is -0.161. The van der Waals surface area contributed by atoms with Crippen LogP contribution in [-0.2, 0) is 24.0 Å². The molecular weight excluding hydrogens is 454 g/mol. The van der Waals surface area contributed by atoms with Crippen molar-refractivity contribution in [1.29, 1.82) is 0 Å². The first-order chi connectivity index (χ1) is 15.3. The second kappa shape index (κ2) is 8.90. The second-order valence-electron chi connectivity index (χ2n) is 8.39. The van der Waals surface area contributed by atoms with Crippen LogP contribution in [0.5, 0.6) is 5.75 Å². The molecule has 2 fully saturated rings. The number of hydrogen-bond acceptors (Lipinski definition) is 8. The van der Waals surface area contributed by atoms with Crippen LogP contribution in [0.25, 0.3) is 0 Å². The molecule has 1 aromatic carbocycles. The molecule has 0 saturated carbocycles. The molecule has 2 aliphatic rings. The number of benzene rings is 1. The van der Waals surface area contributed by atoms with Gasteiger partial charge in [0.15, 0.2) is 0 Å². The summed E-state index contributed by atoms with van der Waals surface area (Å²) in [4.78, 5) is 62.2. The number of aromatic hydroxyl groups is 1. The first-order valence-corrected chi connectivity index (χ1v) is 10.9. The van der Waals surface area contributed by atoms with E-state index >= 15 is 0 Å². The molecule has 33 heavy (non-hydrogen) atoms. The number of fused-ring (bicyclic) bond motifs is 1. The number of phenolic OH excluding ortho intramolecular Hbond substituents is 1. The molecule has 4 amide bonds. The van der Waals surface area contributed by atoms with Crippen molar-refractivity contribution in [2.75, 3.05) is 0 Å². The van der Waals surface area contributed by atoms with Gasteiger partial charge in [-0.2, -0.15) is 0 Å². The average molecular weight is 480 g/mol.